The fraction of sp³-hybridized carbons (Fsp3) is 0.600. The summed E-state index contributed by atoms with van der Waals surface area (Å²) >= 11 is 0. The van der Waals surface area contributed by atoms with Crippen molar-refractivity contribution in [2.75, 3.05) is 39.4 Å². The number of nitrogens with one attached hydrogen (secondary N) is 1. The van der Waals surface area contributed by atoms with E-state index in [0.29, 0.717) is 6.54 Å². The summed E-state index contributed by atoms with van der Waals surface area (Å²) in [6.07, 6.45) is -4.25. The van der Waals surface area contributed by atoms with Crippen molar-refractivity contribution in [3.05, 3.63) is 35.9 Å². The maximum Gasteiger partial charge on any atom is 0.411 e. The van der Waals surface area contributed by atoms with E-state index in [1.54, 1.807) is 0 Å². The summed E-state index contributed by atoms with van der Waals surface area (Å²) in [6, 6.07) is 10.1. The molecule has 0 aliphatic carbocycles. The van der Waals surface area contributed by atoms with Crippen molar-refractivity contribution in [1.29, 1.82) is 0 Å². The van der Waals surface area contributed by atoms with Crippen molar-refractivity contribution in [3.8, 4) is 0 Å². The molecule has 6 heteroatoms. The highest BCUT2D eigenvalue weighted by molar-refractivity contribution is 5.24. The van der Waals surface area contributed by atoms with Crippen LogP contribution in [0.1, 0.15) is 12.5 Å². The van der Waals surface area contributed by atoms with Crippen LogP contribution in [0, 0.1) is 0 Å². The second kappa shape index (κ2) is 6.77. The summed E-state index contributed by atoms with van der Waals surface area (Å²) in [4.78, 5) is 2.14. The summed E-state index contributed by atoms with van der Waals surface area (Å²) in [6.45, 7) is 3.94. The van der Waals surface area contributed by atoms with E-state index in [0.717, 1.165) is 19.6 Å². The molecule has 1 unspecified atom stereocenters. The van der Waals surface area contributed by atoms with Crippen LogP contribution >= 0.6 is 0 Å². The van der Waals surface area contributed by atoms with Crippen molar-refractivity contribution in [2.45, 2.75) is 18.6 Å². The molecule has 0 radical (unpaired) electrons. The van der Waals surface area contributed by atoms with Gasteiger partial charge in [-0.25, -0.2) is 0 Å². The first-order valence-electron chi connectivity index (χ1n) is 7.06. The van der Waals surface area contributed by atoms with Crippen LogP contribution in [0.25, 0.3) is 0 Å². The minimum Gasteiger partial charge on any atom is -0.371 e. The van der Waals surface area contributed by atoms with E-state index in [2.05, 4.69) is 34.0 Å². The number of piperazine rings is 1. The average molecular weight is 302 g/mol. The summed E-state index contributed by atoms with van der Waals surface area (Å²) in [7, 11) is 0. The molecule has 3 nitrogen and oxygen atoms in total. The molecule has 1 N–H and O–H groups in total. The van der Waals surface area contributed by atoms with Gasteiger partial charge in [0.1, 0.15) is 6.61 Å². The van der Waals surface area contributed by atoms with Crippen molar-refractivity contribution in [3.63, 3.8) is 0 Å². The highest BCUT2D eigenvalue weighted by Crippen LogP contribution is 2.24. The molecule has 21 heavy (non-hydrogen) atoms. The molecule has 1 heterocycles. The van der Waals surface area contributed by atoms with Crippen LogP contribution in [-0.2, 0) is 10.3 Å². The number of nitrogens with zero attached hydrogens (tertiary/aromatic N) is 1. The van der Waals surface area contributed by atoms with Gasteiger partial charge in [-0.3, -0.25) is 4.90 Å². The number of alkyl halides is 3. The lowest BCUT2D eigenvalue weighted by atomic mass is 9.90. The maximum atomic E-state index is 12.0. The molecule has 2 rings (SSSR count). The standard InChI is InChI=1S/C15H21F3N2O/c1-14(13-5-3-2-4-6-13)11-20(8-7-19-14)9-10-21-12-15(16,17)18/h2-6,19H,7-12H2,1H3. The van der Waals surface area contributed by atoms with Crippen molar-refractivity contribution < 1.29 is 17.9 Å². The van der Waals surface area contributed by atoms with Gasteiger partial charge in [0.15, 0.2) is 0 Å². The lowest BCUT2D eigenvalue weighted by Crippen LogP contribution is -2.57. The zero-order valence-electron chi connectivity index (χ0n) is 12.1. The average Bonchev–Trinajstić information content (AvgIpc) is 2.44. The van der Waals surface area contributed by atoms with Crippen LogP contribution in [0.3, 0.4) is 0 Å². The van der Waals surface area contributed by atoms with Gasteiger partial charge in [0, 0.05) is 26.2 Å². The van der Waals surface area contributed by atoms with Crippen LogP contribution in [0.15, 0.2) is 30.3 Å². The molecule has 1 fully saturated rings. The quantitative estimate of drug-likeness (QED) is 0.845. The Hall–Kier alpha value is -1.11. The van der Waals surface area contributed by atoms with E-state index in [1.807, 2.05) is 18.2 Å². The number of ether oxygens (including phenoxy) is 1. The largest absolute Gasteiger partial charge is 0.411 e. The molecule has 0 aromatic heterocycles. The van der Waals surface area contributed by atoms with Crippen LogP contribution in [0.2, 0.25) is 0 Å². The van der Waals surface area contributed by atoms with Crippen LogP contribution < -0.4 is 5.32 Å². The first kappa shape index (κ1) is 16.3. The van der Waals surface area contributed by atoms with Crippen LogP contribution in [0.4, 0.5) is 13.2 Å². The van der Waals surface area contributed by atoms with Crippen LogP contribution in [-0.4, -0.2) is 50.5 Å². The molecule has 1 aliphatic rings. The molecule has 0 saturated carbocycles. The Morgan fingerprint density at radius 1 is 1.29 bits per heavy atom. The van der Waals surface area contributed by atoms with Crippen molar-refractivity contribution in [1.82, 2.24) is 10.2 Å². The number of rotatable bonds is 5. The van der Waals surface area contributed by atoms with E-state index in [4.69, 9.17) is 0 Å². The molecular weight excluding hydrogens is 281 g/mol. The van der Waals surface area contributed by atoms with E-state index in [-0.39, 0.29) is 12.1 Å². The monoisotopic (exact) mass is 302 g/mol. The Labute approximate surface area is 123 Å². The first-order chi connectivity index (χ1) is 9.89. The van der Waals surface area contributed by atoms with Crippen molar-refractivity contribution >= 4 is 0 Å². The third kappa shape index (κ3) is 4.98. The van der Waals surface area contributed by atoms with Gasteiger partial charge in [-0.2, -0.15) is 13.2 Å². The third-order valence-corrected chi connectivity index (χ3v) is 3.71. The lowest BCUT2D eigenvalue weighted by Gasteiger charge is -2.42. The van der Waals surface area contributed by atoms with Gasteiger partial charge >= 0.3 is 6.18 Å². The molecule has 1 saturated heterocycles. The second-order valence-electron chi connectivity index (χ2n) is 5.57. The molecule has 1 aliphatic heterocycles. The van der Waals surface area contributed by atoms with E-state index >= 15 is 0 Å². The van der Waals surface area contributed by atoms with Gasteiger partial charge in [0.25, 0.3) is 0 Å². The fourth-order valence-corrected chi connectivity index (χ4v) is 2.64. The number of benzene rings is 1. The fourth-order valence-electron chi connectivity index (χ4n) is 2.64. The molecule has 0 bridgehead atoms. The molecule has 1 aromatic rings. The molecule has 1 atom stereocenters. The normalized spacial score (nSPS) is 24.2. The zero-order chi connectivity index (χ0) is 15.3. The maximum absolute atomic E-state index is 12.0. The van der Waals surface area contributed by atoms with E-state index in [9.17, 15) is 13.2 Å². The molecule has 1 aromatic carbocycles. The molecule has 0 spiro atoms. The first-order valence-corrected chi connectivity index (χ1v) is 7.06. The zero-order valence-corrected chi connectivity index (χ0v) is 12.1. The Morgan fingerprint density at radius 2 is 2.00 bits per heavy atom. The van der Waals surface area contributed by atoms with Gasteiger partial charge in [-0.05, 0) is 12.5 Å². The lowest BCUT2D eigenvalue weighted by molar-refractivity contribution is -0.174. The predicted molar refractivity (Wildman–Crippen MR) is 75.1 cm³/mol. The summed E-state index contributed by atoms with van der Waals surface area (Å²) in [5.41, 5.74) is 1.01. The Morgan fingerprint density at radius 3 is 2.67 bits per heavy atom. The van der Waals surface area contributed by atoms with Gasteiger partial charge in [0.2, 0.25) is 0 Å². The minimum absolute atomic E-state index is 0.102. The van der Waals surface area contributed by atoms with Gasteiger partial charge < -0.3 is 10.1 Å². The third-order valence-electron chi connectivity index (χ3n) is 3.71. The minimum atomic E-state index is -4.25. The Balaban J connectivity index is 1.84. The van der Waals surface area contributed by atoms with E-state index < -0.39 is 12.8 Å². The Kier molecular flexibility index (Phi) is 5.24. The number of hydrogen-bond donors (Lipinski definition) is 1. The number of halogens is 3. The topological polar surface area (TPSA) is 24.5 Å². The summed E-state index contributed by atoms with van der Waals surface area (Å²) in [5.74, 6) is 0. The molecule has 0 amide bonds. The van der Waals surface area contributed by atoms with Gasteiger partial charge in [-0.1, -0.05) is 30.3 Å². The summed E-state index contributed by atoms with van der Waals surface area (Å²) < 4.78 is 40.7. The highest BCUT2D eigenvalue weighted by atomic mass is 19.4. The van der Waals surface area contributed by atoms with Gasteiger partial charge in [-0.15, -0.1) is 0 Å². The van der Waals surface area contributed by atoms with Crippen molar-refractivity contribution in [2.24, 2.45) is 0 Å². The molecule has 118 valence electrons. The molecular formula is C15H21F3N2O. The smallest absolute Gasteiger partial charge is 0.371 e. The van der Waals surface area contributed by atoms with Gasteiger partial charge in [0.05, 0.1) is 12.1 Å². The predicted octanol–water partition coefficient (Wildman–Crippen LogP) is 2.39. The van der Waals surface area contributed by atoms with Crippen LogP contribution in [0.5, 0.6) is 0 Å². The number of hydrogen-bond acceptors (Lipinski definition) is 3. The van der Waals surface area contributed by atoms with E-state index in [1.165, 1.54) is 5.56 Å². The second-order valence-corrected chi connectivity index (χ2v) is 5.57. The SMILES string of the molecule is CC1(c2ccccc2)CN(CCOCC(F)(F)F)CCN1. The Bertz CT molecular complexity index is 438. The highest BCUT2D eigenvalue weighted by Gasteiger charge is 2.32. The summed E-state index contributed by atoms with van der Waals surface area (Å²) in [5, 5.41) is 3.49.